The van der Waals surface area contributed by atoms with Gasteiger partial charge in [0.05, 0.1) is 7.11 Å². The Hall–Kier alpha value is -1.71. The Bertz CT molecular complexity index is 377. The second kappa shape index (κ2) is 5.39. The summed E-state index contributed by atoms with van der Waals surface area (Å²) in [6.45, 7) is 2.35. The van der Waals surface area contributed by atoms with Crippen molar-refractivity contribution in [1.29, 1.82) is 0 Å². The molecule has 1 aromatic rings. The zero-order valence-corrected chi connectivity index (χ0v) is 9.86. The fourth-order valence-corrected chi connectivity index (χ4v) is 1.45. The van der Waals surface area contributed by atoms with Gasteiger partial charge in [-0.25, -0.2) is 0 Å². The van der Waals surface area contributed by atoms with Gasteiger partial charge in [-0.05, 0) is 17.7 Å². The van der Waals surface area contributed by atoms with Gasteiger partial charge in [0.2, 0.25) is 5.91 Å². The molecule has 0 radical (unpaired) electrons. The first-order valence-corrected chi connectivity index (χ1v) is 5.18. The zero-order chi connectivity index (χ0) is 12.1. The highest BCUT2D eigenvalue weighted by Crippen LogP contribution is 2.26. The van der Waals surface area contributed by atoms with E-state index in [1.165, 1.54) is 7.11 Å². The number of ether oxygens (including phenoxy) is 1. The summed E-state index contributed by atoms with van der Waals surface area (Å²) in [7, 11) is 3.25. The molecular formula is C12H17NO3. The van der Waals surface area contributed by atoms with E-state index in [9.17, 15) is 9.90 Å². The van der Waals surface area contributed by atoms with Crippen LogP contribution in [0.3, 0.4) is 0 Å². The molecule has 0 fully saturated rings. The van der Waals surface area contributed by atoms with E-state index in [1.54, 1.807) is 30.1 Å². The van der Waals surface area contributed by atoms with Crippen molar-refractivity contribution in [1.82, 2.24) is 4.90 Å². The normalized spacial score (nSPS) is 9.94. The van der Waals surface area contributed by atoms with Crippen LogP contribution in [0.5, 0.6) is 11.5 Å². The molecule has 0 spiro atoms. The maximum Gasteiger partial charge on any atom is 0.222 e. The number of phenolic OH excluding ortho intramolecular Hbond substituents is 1. The Morgan fingerprint density at radius 3 is 2.75 bits per heavy atom. The van der Waals surface area contributed by atoms with Crippen molar-refractivity contribution in [2.75, 3.05) is 14.2 Å². The molecule has 1 N–H and O–H groups in total. The minimum Gasteiger partial charge on any atom is -0.504 e. The summed E-state index contributed by atoms with van der Waals surface area (Å²) < 4.78 is 5.00. The Morgan fingerprint density at radius 2 is 2.19 bits per heavy atom. The topological polar surface area (TPSA) is 49.8 Å². The predicted molar refractivity (Wildman–Crippen MR) is 61.4 cm³/mol. The van der Waals surface area contributed by atoms with Crippen LogP contribution < -0.4 is 4.74 Å². The number of hydrogen-bond acceptors (Lipinski definition) is 3. The Balaban J connectivity index is 2.78. The summed E-state index contributed by atoms with van der Waals surface area (Å²) in [6, 6.07) is 5.07. The van der Waals surface area contributed by atoms with Crippen molar-refractivity contribution in [2.24, 2.45) is 0 Å². The maximum atomic E-state index is 11.4. The molecule has 0 atom stereocenters. The smallest absolute Gasteiger partial charge is 0.222 e. The van der Waals surface area contributed by atoms with Crippen LogP contribution in [0, 0.1) is 0 Å². The number of hydrogen-bond donors (Lipinski definition) is 1. The van der Waals surface area contributed by atoms with E-state index < -0.39 is 0 Å². The van der Waals surface area contributed by atoms with Crippen molar-refractivity contribution in [2.45, 2.75) is 19.9 Å². The van der Waals surface area contributed by atoms with Crippen molar-refractivity contribution < 1.29 is 14.6 Å². The van der Waals surface area contributed by atoms with E-state index in [-0.39, 0.29) is 11.7 Å². The first kappa shape index (κ1) is 12.4. The lowest BCUT2D eigenvalue weighted by atomic mass is 10.2. The molecule has 1 rings (SSSR count). The summed E-state index contributed by atoms with van der Waals surface area (Å²) >= 11 is 0. The molecule has 0 heterocycles. The number of methoxy groups -OCH3 is 1. The van der Waals surface area contributed by atoms with Crippen LogP contribution in [0.25, 0.3) is 0 Å². The van der Waals surface area contributed by atoms with Crippen LogP contribution in [0.1, 0.15) is 18.9 Å². The number of rotatable bonds is 4. The number of amides is 1. The molecule has 0 bridgehead atoms. The number of phenols is 1. The molecule has 0 saturated carbocycles. The fraction of sp³-hybridized carbons (Fsp3) is 0.417. The first-order valence-electron chi connectivity index (χ1n) is 5.18. The molecule has 1 aromatic carbocycles. The SMILES string of the molecule is CCC(=O)N(C)Cc1ccc(O)c(OC)c1. The lowest BCUT2D eigenvalue weighted by Gasteiger charge is -2.16. The van der Waals surface area contributed by atoms with Gasteiger partial charge in [-0.2, -0.15) is 0 Å². The molecule has 0 aliphatic heterocycles. The van der Waals surface area contributed by atoms with E-state index in [0.717, 1.165) is 5.56 Å². The number of carbonyl (C=O) groups is 1. The second-order valence-electron chi connectivity index (χ2n) is 3.61. The minimum absolute atomic E-state index is 0.0899. The molecule has 4 heteroatoms. The van der Waals surface area contributed by atoms with Crippen molar-refractivity contribution in [3.05, 3.63) is 23.8 Å². The van der Waals surface area contributed by atoms with E-state index >= 15 is 0 Å². The van der Waals surface area contributed by atoms with Gasteiger partial charge in [-0.1, -0.05) is 13.0 Å². The third kappa shape index (κ3) is 2.89. The number of carbonyl (C=O) groups excluding carboxylic acids is 1. The predicted octanol–water partition coefficient (Wildman–Crippen LogP) is 1.77. The third-order valence-corrected chi connectivity index (χ3v) is 2.39. The minimum atomic E-state index is 0.0899. The molecule has 88 valence electrons. The van der Waals surface area contributed by atoms with Gasteiger partial charge in [0.25, 0.3) is 0 Å². The van der Waals surface area contributed by atoms with Crippen LogP contribution in [0.2, 0.25) is 0 Å². The molecule has 0 aliphatic carbocycles. The second-order valence-corrected chi connectivity index (χ2v) is 3.61. The largest absolute Gasteiger partial charge is 0.504 e. The van der Waals surface area contributed by atoms with E-state index in [0.29, 0.717) is 18.7 Å². The number of benzene rings is 1. The van der Waals surface area contributed by atoms with Gasteiger partial charge in [-0.15, -0.1) is 0 Å². The summed E-state index contributed by atoms with van der Waals surface area (Å²) in [5, 5.41) is 9.42. The molecular weight excluding hydrogens is 206 g/mol. The zero-order valence-electron chi connectivity index (χ0n) is 9.86. The van der Waals surface area contributed by atoms with Crippen LogP contribution in [0.4, 0.5) is 0 Å². The molecule has 0 unspecified atom stereocenters. The van der Waals surface area contributed by atoms with E-state index in [2.05, 4.69) is 0 Å². The van der Waals surface area contributed by atoms with Gasteiger partial charge in [-0.3, -0.25) is 4.79 Å². The molecule has 0 aliphatic rings. The highest BCUT2D eigenvalue weighted by Gasteiger charge is 2.08. The van der Waals surface area contributed by atoms with Crippen LogP contribution in [-0.2, 0) is 11.3 Å². The molecule has 1 amide bonds. The molecule has 16 heavy (non-hydrogen) atoms. The summed E-state index contributed by atoms with van der Waals surface area (Å²) in [6.07, 6.45) is 0.492. The van der Waals surface area contributed by atoms with Crippen molar-refractivity contribution in [3.8, 4) is 11.5 Å². The monoisotopic (exact) mass is 223 g/mol. The van der Waals surface area contributed by atoms with Gasteiger partial charge in [0.15, 0.2) is 11.5 Å². The highest BCUT2D eigenvalue weighted by atomic mass is 16.5. The van der Waals surface area contributed by atoms with Crippen LogP contribution in [-0.4, -0.2) is 30.1 Å². The van der Waals surface area contributed by atoms with Gasteiger partial charge in [0.1, 0.15) is 0 Å². The third-order valence-electron chi connectivity index (χ3n) is 2.39. The molecule has 0 saturated heterocycles. The summed E-state index contributed by atoms with van der Waals surface area (Å²) in [4.78, 5) is 13.0. The van der Waals surface area contributed by atoms with Gasteiger partial charge in [0, 0.05) is 20.0 Å². The van der Waals surface area contributed by atoms with Crippen LogP contribution >= 0.6 is 0 Å². The average Bonchev–Trinajstić information content (AvgIpc) is 2.30. The Morgan fingerprint density at radius 1 is 1.50 bits per heavy atom. The maximum absolute atomic E-state index is 11.4. The summed E-state index contributed by atoms with van der Waals surface area (Å²) in [5.74, 6) is 0.623. The Kier molecular flexibility index (Phi) is 4.17. The first-order chi connectivity index (χ1) is 7.58. The van der Waals surface area contributed by atoms with Gasteiger partial charge < -0.3 is 14.7 Å². The van der Waals surface area contributed by atoms with E-state index in [1.807, 2.05) is 6.92 Å². The van der Waals surface area contributed by atoms with Crippen molar-refractivity contribution >= 4 is 5.91 Å². The average molecular weight is 223 g/mol. The van der Waals surface area contributed by atoms with Gasteiger partial charge >= 0.3 is 0 Å². The number of nitrogens with zero attached hydrogens (tertiary/aromatic N) is 1. The number of aromatic hydroxyl groups is 1. The highest BCUT2D eigenvalue weighted by molar-refractivity contribution is 5.75. The standard InChI is InChI=1S/C12H17NO3/c1-4-12(15)13(2)8-9-5-6-10(14)11(7-9)16-3/h5-7,14H,4,8H2,1-3H3. The van der Waals surface area contributed by atoms with E-state index in [4.69, 9.17) is 4.74 Å². The Labute approximate surface area is 95.5 Å². The van der Waals surface area contributed by atoms with Crippen LogP contribution in [0.15, 0.2) is 18.2 Å². The molecule has 0 aromatic heterocycles. The fourth-order valence-electron chi connectivity index (χ4n) is 1.45. The molecule has 4 nitrogen and oxygen atoms in total. The quantitative estimate of drug-likeness (QED) is 0.846. The summed E-state index contributed by atoms with van der Waals surface area (Å²) in [5.41, 5.74) is 0.930. The lowest BCUT2D eigenvalue weighted by Crippen LogP contribution is -2.25. The van der Waals surface area contributed by atoms with Crippen molar-refractivity contribution in [3.63, 3.8) is 0 Å². The lowest BCUT2D eigenvalue weighted by molar-refractivity contribution is -0.130.